The summed E-state index contributed by atoms with van der Waals surface area (Å²) in [4.78, 5) is 11.9. The third-order valence-corrected chi connectivity index (χ3v) is 2.92. The first-order valence-corrected chi connectivity index (χ1v) is 6.83. The topological polar surface area (TPSA) is 80.6 Å². The Morgan fingerprint density at radius 3 is 2.78 bits per heavy atom. The molecule has 1 N–H and O–H groups in total. The molecule has 0 saturated carbocycles. The lowest BCUT2D eigenvalue weighted by Gasteiger charge is -2.10. The van der Waals surface area contributed by atoms with Crippen LogP contribution >= 0.6 is 0 Å². The summed E-state index contributed by atoms with van der Waals surface area (Å²) in [6.45, 7) is -0.831. The first kappa shape index (κ1) is 16.5. The van der Waals surface area contributed by atoms with Crippen molar-refractivity contribution in [1.29, 1.82) is 5.26 Å². The van der Waals surface area contributed by atoms with Crippen LogP contribution in [0.1, 0.15) is 18.9 Å². The molecule has 1 aromatic rings. The van der Waals surface area contributed by atoms with E-state index in [4.69, 9.17) is 14.7 Å². The number of fused-ring (bicyclic) bond motifs is 1. The van der Waals surface area contributed by atoms with Crippen LogP contribution in [0, 0.1) is 11.3 Å². The largest absolute Gasteiger partial charge is 0.454 e. The molecule has 0 aromatic heterocycles. The fourth-order valence-electron chi connectivity index (χ4n) is 1.89. The standard InChI is InChI=1S/C15H14F2N2O4/c1-2-3-19-14(20)10(7-18)4-9-5-12-13(22-8-21-12)6-11(9)23-15(16)17/h4-6,15H,2-3,8H2,1H3,(H,19,20)/b10-4+. The molecule has 2 rings (SSSR count). The Balaban J connectivity index is 2.38. The minimum absolute atomic E-state index is 0.0429. The third-order valence-electron chi connectivity index (χ3n) is 2.92. The predicted octanol–water partition coefficient (Wildman–Crippen LogP) is 2.45. The number of carbonyl (C=O) groups is 1. The molecule has 1 heterocycles. The molecule has 0 radical (unpaired) electrons. The summed E-state index contributed by atoms with van der Waals surface area (Å²) >= 11 is 0. The minimum Gasteiger partial charge on any atom is -0.454 e. The number of hydrogen-bond acceptors (Lipinski definition) is 5. The van der Waals surface area contributed by atoms with Gasteiger partial charge < -0.3 is 19.5 Å². The van der Waals surface area contributed by atoms with Gasteiger partial charge in [-0.3, -0.25) is 4.79 Å². The van der Waals surface area contributed by atoms with Gasteiger partial charge in [0.2, 0.25) is 6.79 Å². The van der Waals surface area contributed by atoms with Gasteiger partial charge in [-0.1, -0.05) is 6.92 Å². The van der Waals surface area contributed by atoms with E-state index in [1.807, 2.05) is 6.92 Å². The van der Waals surface area contributed by atoms with Gasteiger partial charge in [0.1, 0.15) is 17.4 Å². The van der Waals surface area contributed by atoms with Crippen LogP contribution in [0.4, 0.5) is 8.78 Å². The number of carbonyl (C=O) groups excluding carboxylic acids is 1. The molecule has 0 spiro atoms. The second-order valence-electron chi connectivity index (χ2n) is 4.55. The maximum absolute atomic E-state index is 12.5. The van der Waals surface area contributed by atoms with Crippen molar-refractivity contribution in [2.75, 3.05) is 13.3 Å². The number of alkyl halides is 2. The van der Waals surface area contributed by atoms with E-state index in [2.05, 4.69) is 10.1 Å². The van der Waals surface area contributed by atoms with Gasteiger partial charge in [-0.25, -0.2) is 0 Å². The van der Waals surface area contributed by atoms with E-state index in [9.17, 15) is 13.6 Å². The molecule has 1 aliphatic heterocycles. The zero-order chi connectivity index (χ0) is 16.8. The van der Waals surface area contributed by atoms with Gasteiger partial charge >= 0.3 is 6.61 Å². The Morgan fingerprint density at radius 2 is 2.17 bits per heavy atom. The SMILES string of the molecule is CCCNC(=O)/C(C#N)=C/c1cc2c(cc1OC(F)F)OCO2. The van der Waals surface area contributed by atoms with E-state index in [0.717, 1.165) is 0 Å². The normalized spacial score (nSPS) is 12.9. The Morgan fingerprint density at radius 1 is 1.48 bits per heavy atom. The molecule has 6 nitrogen and oxygen atoms in total. The number of halogens is 2. The monoisotopic (exact) mass is 324 g/mol. The Bertz CT molecular complexity index is 668. The third kappa shape index (κ3) is 4.10. The van der Waals surface area contributed by atoms with Crippen molar-refractivity contribution < 1.29 is 27.8 Å². The molecular formula is C15H14F2N2O4. The van der Waals surface area contributed by atoms with Crippen molar-refractivity contribution in [3.63, 3.8) is 0 Å². The summed E-state index contributed by atoms with van der Waals surface area (Å²) in [6, 6.07) is 4.36. The molecule has 1 aromatic carbocycles. The number of nitriles is 1. The van der Waals surface area contributed by atoms with Crippen LogP contribution in [0.25, 0.3) is 6.08 Å². The van der Waals surface area contributed by atoms with Crippen LogP contribution in [0.5, 0.6) is 17.2 Å². The van der Waals surface area contributed by atoms with Gasteiger partial charge in [0.25, 0.3) is 5.91 Å². The molecule has 23 heavy (non-hydrogen) atoms. The molecule has 0 fully saturated rings. The molecule has 8 heteroatoms. The van der Waals surface area contributed by atoms with Crippen molar-refractivity contribution in [2.24, 2.45) is 0 Å². The lowest BCUT2D eigenvalue weighted by molar-refractivity contribution is -0.117. The van der Waals surface area contributed by atoms with Crippen LogP contribution in [0.15, 0.2) is 17.7 Å². The number of hydrogen-bond donors (Lipinski definition) is 1. The van der Waals surface area contributed by atoms with Crippen LogP contribution in [0.2, 0.25) is 0 Å². The van der Waals surface area contributed by atoms with Gasteiger partial charge in [0.15, 0.2) is 11.5 Å². The summed E-state index contributed by atoms with van der Waals surface area (Å²) in [5, 5.41) is 11.6. The van der Waals surface area contributed by atoms with Gasteiger partial charge in [-0.15, -0.1) is 0 Å². The van der Waals surface area contributed by atoms with Gasteiger partial charge in [-0.2, -0.15) is 14.0 Å². The molecule has 1 amide bonds. The Labute approximate surface area is 131 Å². The van der Waals surface area contributed by atoms with E-state index in [1.54, 1.807) is 6.07 Å². The number of benzene rings is 1. The van der Waals surface area contributed by atoms with Crippen molar-refractivity contribution in [3.8, 4) is 23.3 Å². The highest BCUT2D eigenvalue weighted by Gasteiger charge is 2.20. The molecule has 0 saturated heterocycles. The van der Waals surface area contributed by atoms with Crippen LogP contribution in [-0.4, -0.2) is 25.9 Å². The molecule has 122 valence electrons. The zero-order valence-electron chi connectivity index (χ0n) is 12.3. The van der Waals surface area contributed by atoms with Crippen molar-refractivity contribution in [2.45, 2.75) is 20.0 Å². The number of ether oxygens (including phenoxy) is 3. The summed E-state index contributed by atoms with van der Waals surface area (Å²) in [7, 11) is 0. The fraction of sp³-hybridized carbons (Fsp3) is 0.333. The van der Waals surface area contributed by atoms with Crippen molar-refractivity contribution in [3.05, 3.63) is 23.3 Å². The van der Waals surface area contributed by atoms with Gasteiger partial charge in [0, 0.05) is 18.2 Å². The van der Waals surface area contributed by atoms with E-state index < -0.39 is 12.5 Å². The van der Waals surface area contributed by atoms with Crippen LogP contribution in [0.3, 0.4) is 0 Å². The van der Waals surface area contributed by atoms with Gasteiger partial charge in [0.05, 0.1) is 0 Å². The van der Waals surface area contributed by atoms with E-state index >= 15 is 0 Å². The quantitative estimate of drug-likeness (QED) is 0.642. The maximum atomic E-state index is 12.5. The lowest BCUT2D eigenvalue weighted by Crippen LogP contribution is -2.25. The first-order valence-electron chi connectivity index (χ1n) is 6.83. The zero-order valence-corrected chi connectivity index (χ0v) is 12.3. The number of nitrogens with zero attached hydrogens (tertiary/aromatic N) is 1. The smallest absolute Gasteiger partial charge is 0.387 e. The molecule has 0 aliphatic carbocycles. The second kappa shape index (κ2) is 7.45. The first-order chi connectivity index (χ1) is 11.0. The molecule has 0 atom stereocenters. The van der Waals surface area contributed by atoms with Gasteiger partial charge in [-0.05, 0) is 18.6 Å². The number of rotatable bonds is 6. The molecule has 1 aliphatic rings. The second-order valence-corrected chi connectivity index (χ2v) is 4.55. The maximum Gasteiger partial charge on any atom is 0.387 e. The Kier molecular flexibility index (Phi) is 5.36. The fourth-order valence-corrected chi connectivity index (χ4v) is 1.89. The van der Waals surface area contributed by atoms with E-state index in [1.165, 1.54) is 18.2 Å². The van der Waals surface area contributed by atoms with E-state index in [0.29, 0.717) is 18.7 Å². The van der Waals surface area contributed by atoms with Crippen molar-refractivity contribution >= 4 is 12.0 Å². The Hall–Kier alpha value is -2.82. The minimum atomic E-state index is -3.05. The average Bonchev–Trinajstić information content (AvgIpc) is 2.96. The number of amides is 1. The van der Waals surface area contributed by atoms with Crippen molar-refractivity contribution in [1.82, 2.24) is 5.32 Å². The highest BCUT2D eigenvalue weighted by Crippen LogP contribution is 2.39. The summed E-state index contributed by atoms with van der Waals surface area (Å²) in [5.74, 6) is -0.217. The summed E-state index contributed by atoms with van der Waals surface area (Å²) < 4.78 is 39.8. The number of nitrogens with one attached hydrogen (secondary N) is 1. The molecular weight excluding hydrogens is 310 g/mol. The summed E-state index contributed by atoms with van der Waals surface area (Å²) in [6.07, 6.45) is 1.87. The van der Waals surface area contributed by atoms with Crippen LogP contribution in [-0.2, 0) is 4.79 Å². The average molecular weight is 324 g/mol. The highest BCUT2D eigenvalue weighted by atomic mass is 19.3. The van der Waals surface area contributed by atoms with Crippen LogP contribution < -0.4 is 19.5 Å². The lowest BCUT2D eigenvalue weighted by atomic mass is 10.1. The summed E-state index contributed by atoms with van der Waals surface area (Å²) in [5.41, 5.74) is -0.103. The highest BCUT2D eigenvalue weighted by molar-refractivity contribution is 6.02. The predicted molar refractivity (Wildman–Crippen MR) is 76.1 cm³/mol. The molecule has 0 bridgehead atoms. The molecule has 0 unspecified atom stereocenters. The van der Waals surface area contributed by atoms with E-state index in [-0.39, 0.29) is 29.4 Å².